The van der Waals surface area contributed by atoms with Gasteiger partial charge in [-0.2, -0.15) is 4.63 Å². The number of nitrogens with one attached hydrogen (secondary N) is 1. The maximum atomic E-state index is 11.3. The van der Waals surface area contributed by atoms with E-state index in [1.54, 1.807) is 0 Å². The van der Waals surface area contributed by atoms with Crippen molar-refractivity contribution < 1.29 is 0 Å². The molecule has 0 saturated heterocycles. The van der Waals surface area contributed by atoms with Gasteiger partial charge in [0, 0.05) is 6.20 Å². The second-order valence-electron chi connectivity index (χ2n) is 2.13. The van der Waals surface area contributed by atoms with Crippen LogP contribution in [0.3, 0.4) is 0 Å². The van der Waals surface area contributed by atoms with E-state index >= 15 is 0 Å². The molecule has 0 fully saturated rings. The minimum Gasteiger partial charge on any atom is -0.300 e. The second-order valence-corrected chi connectivity index (χ2v) is 2.13. The van der Waals surface area contributed by atoms with Crippen molar-refractivity contribution in [3.63, 3.8) is 0 Å². The first kappa shape index (κ1) is 6.54. The Labute approximate surface area is 66.2 Å². The second kappa shape index (κ2) is 2.17. The molecule has 0 bridgehead atoms. The standard InChI is InChI=1S/C6H3N5O/c1-7-4-2-9-11-5(6(4)12)3-8-10-11/h2-3,9H. The zero-order chi connectivity index (χ0) is 8.55. The first-order valence-electron chi connectivity index (χ1n) is 3.12. The van der Waals surface area contributed by atoms with Crippen molar-refractivity contribution in [2.24, 2.45) is 0 Å². The predicted molar refractivity (Wildman–Crippen MR) is 39.9 cm³/mol. The maximum Gasteiger partial charge on any atom is 0.252 e. The Balaban J connectivity index is 3.00. The van der Waals surface area contributed by atoms with Crippen molar-refractivity contribution in [2.75, 3.05) is 0 Å². The Morgan fingerprint density at radius 2 is 2.50 bits per heavy atom. The average Bonchev–Trinajstić information content (AvgIpc) is 2.53. The molecule has 0 aliphatic rings. The zero-order valence-corrected chi connectivity index (χ0v) is 5.85. The van der Waals surface area contributed by atoms with Crippen molar-refractivity contribution in [2.45, 2.75) is 0 Å². The molecular weight excluding hydrogens is 158 g/mol. The Morgan fingerprint density at radius 3 is 3.25 bits per heavy atom. The van der Waals surface area contributed by atoms with E-state index in [0.717, 1.165) is 0 Å². The number of nitrogens with zero attached hydrogens (tertiary/aromatic N) is 4. The van der Waals surface area contributed by atoms with Crippen molar-refractivity contribution in [3.8, 4) is 0 Å². The molecule has 0 aliphatic heterocycles. The van der Waals surface area contributed by atoms with Gasteiger partial charge in [-0.25, -0.2) is 4.85 Å². The van der Waals surface area contributed by atoms with Crippen LogP contribution in [0.25, 0.3) is 10.4 Å². The number of rotatable bonds is 0. The van der Waals surface area contributed by atoms with E-state index in [1.807, 2.05) is 0 Å². The van der Waals surface area contributed by atoms with Crippen LogP contribution in [0.2, 0.25) is 0 Å². The lowest BCUT2D eigenvalue weighted by Crippen LogP contribution is -2.06. The van der Waals surface area contributed by atoms with Crippen LogP contribution >= 0.6 is 0 Å². The van der Waals surface area contributed by atoms with Gasteiger partial charge in [0.2, 0.25) is 5.43 Å². The topological polar surface area (TPSA) is 67.4 Å². The Hall–Kier alpha value is -2.16. The van der Waals surface area contributed by atoms with Crippen LogP contribution in [-0.2, 0) is 0 Å². The smallest absolute Gasteiger partial charge is 0.252 e. The maximum absolute atomic E-state index is 11.3. The van der Waals surface area contributed by atoms with Crippen LogP contribution in [0.15, 0.2) is 17.2 Å². The van der Waals surface area contributed by atoms with Crippen LogP contribution < -0.4 is 5.43 Å². The van der Waals surface area contributed by atoms with E-state index in [2.05, 4.69) is 20.3 Å². The molecule has 0 aromatic carbocycles. The molecule has 2 heterocycles. The number of aromatic amines is 1. The fourth-order valence-electron chi connectivity index (χ4n) is 0.887. The highest BCUT2D eigenvalue weighted by Gasteiger charge is 2.04. The third-order valence-electron chi connectivity index (χ3n) is 1.46. The minimum absolute atomic E-state index is 0.0461. The molecule has 6 nitrogen and oxygen atoms in total. The molecule has 0 radical (unpaired) electrons. The molecule has 6 heteroatoms. The van der Waals surface area contributed by atoms with Crippen LogP contribution in [0, 0.1) is 6.57 Å². The summed E-state index contributed by atoms with van der Waals surface area (Å²) < 4.78 is 1.22. The Bertz CT molecular complexity index is 516. The summed E-state index contributed by atoms with van der Waals surface area (Å²) in [4.78, 5) is 14.3. The molecule has 0 unspecified atom stereocenters. The van der Waals surface area contributed by atoms with Crippen molar-refractivity contribution in [1.29, 1.82) is 0 Å². The summed E-state index contributed by atoms with van der Waals surface area (Å²) in [6.07, 6.45) is 2.62. The van der Waals surface area contributed by atoms with Crippen molar-refractivity contribution in [1.82, 2.24) is 20.0 Å². The minimum atomic E-state index is -0.353. The molecule has 58 valence electrons. The molecular formula is C6H3N5O. The van der Waals surface area contributed by atoms with Gasteiger partial charge in [-0.3, -0.25) is 5.10 Å². The summed E-state index contributed by atoms with van der Waals surface area (Å²) in [6.45, 7) is 6.67. The fraction of sp³-hybridized carbons (Fsp3) is 0. The van der Waals surface area contributed by atoms with E-state index in [-0.39, 0.29) is 16.6 Å². The first-order chi connectivity index (χ1) is 5.83. The van der Waals surface area contributed by atoms with Gasteiger partial charge in [0.15, 0.2) is 0 Å². The number of hydrogen-bond acceptors (Lipinski definition) is 3. The summed E-state index contributed by atoms with van der Waals surface area (Å²) in [6, 6.07) is 0. The van der Waals surface area contributed by atoms with Crippen LogP contribution in [-0.4, -0.2) is 20.0 Å². The molecule has 0 spiro atoms. The van der Waals surface area contributed by atoms with Crippen LogP contribution in [0.5, 0.6) is 0 Å². The van der Waals surface area contributed by atoms with Gasteiger partial charge < -0.3 is 4.79 Å². The molecule has 2 rings (SSSR count). The van der Waals surface area contributed by atoms with E-state index in [4.69, 9.17) is 6.57 Å². The molecule has 0 atom stereocenters. The molecule has 2 aromatic rings. The molecule has 12 heavy (non-hydrogen) atoms. The van der Waals surface area contributed by atoms with Crippen molar-refractivity contribution in [3.05, 3.63) is 34.0 Å². The predicted octanol–water partition coefficient (Wildman–Crippen LogP) is -0.0316. The first-order valence-corrected chi connectivity index (χ1v) is 3.12. The summed E-state index contributed by atoms with van der Waals surface area (Å²) in [5.74, 6) is 0. The number of fused-ring (bicyclic) bond motifs is 1. The molecule has 0 amide bonds. The third-order valence-corrected chi connectivity index (χ3v) is 1.46. The Kier molecular flexibility index (Phi) is 1.18. The van der Waals surface area contributed by atoms with E-state index < -0.39 is 0 Å². The van der Waals surface area contributed by atoms with E-state index in [1.165, 1.54) is 17.0 Å². The van der Waals surface area contributed by atoms with E-state index in [0.29, 0.717) is 0 Å². The van der Waals surface area contributed by atoms with Gasteiger partial charge >= 0.3 is 0 Å². The van der Waals surface area contributed by atoms with Gasteiger partial charge in [0.25, 0.3) is 5.69 Å². The monoisotopic (exact) mass is 161 g/mol. The summed E-state index contributed by atoms with van der Waals surface area (Å²) in [7, 11) is 0. The SMILES string of the molecule is [C-]#[N+]c1c[nH]n2nncc2c1=O. The summed E-state index contributed by atoms with van der Waals surface area (Å²) >= 11 is 0. The molecule has 1 N–H and O–H groups in total. The van der Waals surface area contributed by atoms with Crippen LogP contribution in [0.1, 0.15) is 0 Å². The molecule has 2 aromatic heterocycles. The highest BCUT2D eigenvalue weighted by Crippen LogP contribution is 2.02. The lowest BCUT2D eigenvalue weighted by molar-refractivity contribution is 0.742. The van der Waals surface area contributed by atoms with Gasteiger partial charge in [0.05, 0.1) is 12.8 Å². The summed E-state index contributed by atoms with van der Waals surface area (Å²) in [5, 5.41) is 9.70. The highest BCUT2D eigenvalue weighted by atomic mass is 16.1. The normalized spacial score (nSPS) is 9.92. The van der Waals surface area contributed by atoms with Gasteiger partial charge in [-0.05, 0) is 5.21 Å². The lowest BCUT2D eigenvalue weighted by Gasteiger charge is -1.90. The highest BCUT2D eigenvalue weighted by molar-refractivity contribution is 5.55. The van der Waals surface area contributed by atoms with Crippen molar-refractivity contribution >= 4 is 11.2 Å². The Morgan fingerprint density at radius 1 is 1.67 bits per heavy atom. The third kappa shape index (κ3) is 0.703. The van der Waals surface area contributed by atoms with Gasteiger partial charge in [0.1, 0.15) is 5.52 Å². The number of H-pyrrole nitrogens is 1. The average molecular weight is 161 g/mol. The largest absolute Gasteiger partial charge is 0.300 e. The van der Waals surface area contributed by atoms with Crippen LogP contribution in [0.4, 0.5) is 5.69 Å². The zero-order valence-electron chi connectivity index (χ0n) is 5.85. The van der Waals surface area contributed by atoms with Gasteiger partial charge in [-0.1, -0.05) is 0 Å². The van der Waals surface area contributed by atoms with E-state index in [9.17, 15) is 4.79 Å². The molecule has 0 saturated carbocycles. The molecule has 0 aliphatic carbocycles. The lowest BCUT2D eigenvalue weighted by atomic mass is 10.4. The fourth-order valence-corrected chi connectivity index (χ4v) is 0.887. The number of aromatic nitrogens is 4. The van der Waals surface area contributed by atoms with Gasteiger partial charge in [-0.15, -0.1) is 5.10 Å². The quantitative estimate of drug-likeness (QED) is 0.551. The summed E-state index contributed by atoms with van der Waals surface area (Å²) in [5.41, 5.74) is -0.0259. The number of hydrogen-bond donors (Lipinski definition) is 1.